The number of halogens is 2. The van der Waals surface area contributed by atoms with E-state index in [-0.39, 0.29) is 5.69 Å². The molecule has 0 unspecified atom stereocenters. The molecule has 0 aliphatic carbocycles. The molecule has 0 bridgehead atoms. The third-order valence-corrected chi connectivity index (χ3v) is 6.45. The number of nitrogens with one attached hydrogen (secondary N) is 1. The smallest absolute Gasteiger partial charge is 0.347 e. The molecule has 4 aromatic rings. The predicted octanol–water partition coefficient (Wildman–Crippen LogP) is 6.76. The molecule has 178 valence electrons. The van der Waals surface area contributed by atoms with Crippen molar-refractivity contribution in [1.82, 2.24) is 4.98 Å². The molecular weight excluding hydrogens is 491 g/mol. The Balaban J connectivity index is 1.68. The number of carboxylic acids is 1. The van der Waals surface area contributed by atoms with Gasteiger partial charge in [-0.2, -0.15) is 0 Å². The first-order chi connectivity index (χ1) is 16.6. The van der Waals surface area contributed by atoms with Gasteiger partial charge in [-0.05, 0) is 80.1 Å². The fraction of sp³-hybridized carbons (Fsp3) is 0.115. The van der Waals surface area contributed by atoms with Crippen molar-refractivity contribution < 1.29 is 23.8 Å². The first-order valence-electron chi connectivity index (χ1n) is 10.5. The van der Waals surface area contributed by atoms with Gasteiger partial charge in [0.05, 0.1) is 4.88 Å². The quantitative estimate of drug-likeness (QED) is 0.286. The molecule has 2 N–H and O–H groups in total. The zero-order valence-electron chi connectivity index (χ0n) is 18.7. The molecule has 3 aromatic carbocycles. The van der Waals surface area contributed by atoms with E-state index in [1.165, 1.54) is 49.4 Å². The molecule has 0 atom stereocenters. The number of carbonyl (C=O) groups excluding carboxylic acids is 1. The average Bonchev–Trinajstić information content (AvgIpc) is 3.27. The molecular formula is C26H20ClFN2O4S. The maximum atomic E-state index is 13.2. The zero-order chi connectivity index (χ0) is 25.2. The van der Waals surface area contributed by atoms with Crippen LogP contribution in [0.25, 0.3) is 21.0 Å². The van der Waals surface area contributed by atoms with Crippen molar-refractivity contribution in [1.29, 1.82) is 0 Å². The molecule has 0 fully saturated rings. The molecule has 0 spiro atoms. The first kappa shape index (κ1) is 24.4. The Morgan fingerprint density at radius 1 is 0.971 bits per heavy atom. The van der Waals surface area contributed by atoms with Crippen LogP contribution in [-0.4, -0.2) is 27.6 Å². The number of ether oxygens (including phenoxy) is 1. The summed E-state index contributed by atoms with van der Waals surface area (Å²) in [6.07, 6.45) is 0. The molecule has 9 heteroatoms. The van der Waals surface area contributed by atoms with Crippen molar-refractivity contribution in [2.75, 3.05) is 5.32 Å². The number of hydrogen-bond donors (Lipinski definition) is 2. The summed E-state index contributed by atoms with van der Waals surface area (Å²) in [7, 11) is 0. The van der Waals surface area contributed by atoms with Gasteiger partial charge >= 0.3 is 5.97 Å². The summed E-state index contributed by atoms with van der Waals surface area (Å²) in [5.74, 6) is -1.52. The van der Waals surface area contributed by atoms with Crippen molar-refractivity contribution in [2.24, 2.45) is 0 Å². The zero-order valence-corrected chi connectivity index (χ0v) is 20.3. The number of amides is 1. The Labute approximate surface area is 210 Å². The molecule has 4 rings (SSSR count). The highest BCUT2D eigenvalue weighted by Crippen LogP contribution is 2.37. The number of anilines is 1. The average molecular weight is 511 g/mol. The van der Waals surface area contributed by atoms with Gasteiger partial charge in [-0.25, -0.2) is 14.2 Å². The maximum Gasteiger partial charge on any atom is 0.347 e. The fourth-order valence-corrected chi connectivity index (χ4v) is 4.32. The van der Waals surface area contributed by atoms with Crippen molar-refractivity contribution >= 4 is 40.5 Å². The van der Waals surface area contributed by atoms with Crippen LogP contribution in [0.15, 0.2) is 72.8 Å². The van der Waals surface area contributed by atoms with E-state index in [2.05, 4.69) is 10.3 Å². The van der Waals surface area contributed by atoms with Crippen molar-refractivity contribution in [3.8, 4) is 26.8 Å². The van der Waals surface area contributed by atoms with E-state index in [9.17, 15) is 19.1 Å². The van der Waals surface area contributed by atoms with Crippen molar-refractivity contribution in [3.63, 3.8) is 0 Å². The maximum absolute atomic E-state index is 13.2. The van der Waals surface area contributed by atoms with E-state index in [4.69, 9.17) is 16.3 Å². The molecule has 0 aliphatic heterocycles. The Morgan fingerprint density at radius 2 is 1.57 bits per heavy atom. The molecule has 1 amide bonds. The Hall–Kier alpha value is -3.75. The lowest BCUT2D eigenvalue weighted by molar-refractivity contribution is -0.152. The summed E-state index contributed by atoms with van der Waals surface area (Å²) >= 11 is 7.36. The number of rotatable bonds is 7. The second-order valence-corrected chi connectivity index (χ2v) is 9.54. The predicted molar refractivity (Wildman–Crippen MR) is 135 cm³/mol. The van der Waals surface area contributed by atoms with E-state index >= 15 is 0 Å². The lowest BCUT2D eigenvalue weighted by atomic mass is 10.1. The largest absolute Gasteiger partial charge is 0.478 e. The van der Waals surface area contributed by atoms with E-state index in [1.807, 2.05) is 0 Å². The first-order valence-corrected chi connectivity index (χ1v) is 11.7. The number of aromatic nitrogens is 1. The highest BCUT2D eigenvalue weighted by atomic mass is 35.5. The Bertz CT molecular complexity index is 1370. The van der Waals surface area contributed by atoms with Crippen LogP contribution < -0.4 is 10.1 Å². The minimum Gasteiger partial charge on any atom is -0.478 e. The van der Waals surface area contributed by atoms with Gasteiger partial charge in [0, 0.05) is 16.3 Å². The molecule has 0 radical (unpaired) electrons. The number of aliphatic carboxylic acids is 1. The summed E-state index contributed by atoms with van der Waals surface area (Å²) in [5.41, 5.74) is 0.771. The third kappa shape index (κ3) is 5.67. The molecule has 0 aliphatic rings. The van der Waals surface area contributed by atoms with Crippen LogP contribution in [0.2, 0.25) is 5.02 Å². The van der Waals surface area contributed by atoms with Gasteiger partial charge in [0.25, 0.3) is 5.91 Å². The number of nitrogens with zero attached hydrogens (tertiary/aromatic N) is 1. The minimum atomic E-state index is -1.38. The highest BCUT2D eigenvalue weighted by Gasteiger charge is 2.29. The van der Waals surface area contributed by atoms with Gasteiger partial charge in [0.1, 0.15) is 22.3 Å². The lowest BCUT2D eigenvalue weighted by Crippen LogP contribution is -2.37. The monoisotopic (exact) mass is 510 g/mol. The number of carboxylic acid groups (broad SMARTS) is 1. The molecule has 1 heterocycles. The summed E-state index contributed by atoms with van der Waals surface area (Å²) in [6, 6.07) is 19.3. The standard InChI is InChI=1S/C26H20ClFN2O4S/c1-26(2,25(32)33)34-20-13-5-16(6-14-20)24-30-21(22(35-24)15-3-7-17(27)8-4-15)23(31)29-19-11-9-18(28)10-12-19/h3-14H,1-2H3,(H,29,31)(H,32,33). The van der Waals surface area contributed by atoms with Crippen LogP contribution >= 0.6 is 22.9 Å². The van der Waals surface area contributed by atoms with E-state index in [0.717, 1.165) is 11.1 Å². The lowest BCUT2D eigenvalue weighted by Gasteiger charge is -2.21. The second-order valence-electron chi connectivity index (χ2n) is 8.11. The van der Waals surface area contributed by atoms with Gasteiger partial charge in [0.2, 0.25) is 0 Å². The number of thiazole rings is 1. The summed E-state index contributed by atoms with van der Waals surface area (Å²) < 4.78 is 18.8. The van der Waals surface area contributed by atoms with Crippen LogP contribution in [0.3, 0.4) is 0 Å². The molecule has 0 saturated heterocycles. The van der Waals surface area contributed by atoms with E-state index < -0.39 is 23.3 Å². The van der Waals surface area contributed by atoms with Crippen LogP contribution in [0, 0.1) is 5.82 Å². The molecule has 0 saturated carbocycles. The molecule has 6 nitrogen and oxygen atoms in total. The van der Waals surface area contributed by atoms with Crippen molar-refractivity contribution in [3.05, 3.63) is 89.3 Å². The topological polar surface area (TPSA) is 88.5 Å². The van der Waals surface area contributed by atoms with Gasteiger partial charge < -0.3 is 15.2 Å². The third-order valence-electron chi connectivity index (χ3n) is 5.04. The van der Waals surface area contributed by atoms with E-state index in [0.29, 0.717) is 26.3 Å². The van der Waals surface area contributed by atoms with Gasteiger partial charge in [-0.15, -0.1) is 11.3 Å². The Morgan fingerprint density at radius 3 is 2.17 bits per heavy atom. The van der Waals surface area contributed by atoms with Crippen LogP contribution in [-0.2, 0) is 4.79 Å². The van der Waals surface area contributed by atoms with Gasteiger partial charge in [-0.3, -0.25) is 4.79 Å². The van der Waals surface area contributed by atoms with Crippen LogP contribution in [0.1, 0.15) is 24.3 Å². The number of hydrogen-bond acceptors (Lipinski definition) is 5. The molecule has 35 heavy (non-hydrogen) atoms. The van der Waals surface area contributed by atoms with Gasteiger partial charge in [0.15, 0.2) is 5.60 Å². The second kappa shape index (κ2) is 9.85. The Kier molecular flexibility index (Phi) is 6.86. The number of carbonyl (C=O) groups is 2. The van der Waals surface area contributed by atoms with Gasteiger partial charge in [-0.1, -0.05) is 23.7 Å². The summed E-state index contributed by atoms with van der Waals surface area (Å²) in [5, 5.41) is 13.2. The van der Waals surface area contributed by atoms with Crippen LogP contribution in [0.4, 0.5) is 10.1 Å². The fourth-order valence-electron chi connectivity index (χ4n) is 3.12. The van der Waals surface area contributed by atoms with Crippen molar-refractivity contribution in [2.45, 2.75) is 19.4 Å². The molecule has 1 aromatic heterocycles. The summed E-state index contributed by atoms with van der Waals surface area (Å²) in [4.78, 5) is 29.7. The summed E-state index contributed by atoms with van der Waals surface area (Å²) in [6.45, 7) is 2.93. The highest BCUT2D eigenvalue weighted by molar-refractivity contribution is 7.18. The minimum absolute atomic E-state index is 0.212. The SMILES string of the molecule is CC(C)(Oc1ccc(-c2nc(C(=O)Nc3ccc(F)cc3)c(-c3ccc(Cl)cc3)s2)cc1)C(=O)O. The van der Waals surface area contributed by atoms with E-state index in [1.54, 1.807) is 48.5 Å². The normalized spacial score (nSPS) is 11.2. The van der Waals surface area contributed by atoms with Crippen LogP contribution in [0.5, 0.6) is 5.75 Å². The number of benzene rings is 3.